The predicted molar refractivity (Wildman–Crippen MR) is 151 cm³/mol. The SMILES string of the molecule is CC[C@H](C)[C@@H]([C@@H](CC(=O)N1CCC=C1C(OC)C(C)C(=O)O)OC)N(C)C(=O)[C@@H](NC(=O)OC(C)(C)C)C(C)C. The number of hydrogen-bond donors (Lipinski definition) is 2. The van der Waals surface area contributed by atoms with Crippen molar-refractivity contribution >= 4 is 23.9 Å². The molecule has 0 saturated heterocycles. The molecular formula is C29H51N3O8. The molecule has 1 aliphatic rings. The number of hydrogen-bond acceptors (Lipinski definition) is 7. The molecule has 0 aliphatic carbocycles. The van der Waals surface area contributed by atoms with Crippen molar-refractivity contribution in [2.45, 2.75) is 105 Å². The highest BCUT2D eigenvalue weighted by Gasteiger charge is 2.40. The molecule has 1 rings (SSSR count). The summed E-state index contributed by atoms with van der Waals surface area (Å²) < 4.78 is 16.7. The molecule has 0 aromatic heterocycles. The lowest BCUT2D eigenvalue weighted by Gasteiger charge is -2.40. The number of likely N-dealkylation sites (N-methyl/N-ethyl adjacent to an activating group) is 1. The number of alkyl carbamates (subject to hydrolysis) is 1. The molecule has 40 heavy (non-hydrogen) atoms. The molecule has 0 saturated carbocycles. The largest absolute Gasteiger partial charge is 0.481 e. The zero-order valence-corrected chi connectivity index (χ0v) is 26.1. The molecule has 0 aromatic carbocycles. The van der Waals surface area contributed by atoms with Gasteiger partial charge in [-0.25, -0.2) is 4.79 Å². The lowest BCUT2D eigenvalue weighted by atomic mass is 9.89. The first kappa shape index (κ1) is 35.4. The van der Waals surface area contributed by atoms with Crippen molar-refractivity contribution in [2.75, 3.05) is 27.8 Å². The highest BCUT2D eigenvalue weighted by atomic mass is 16.6. The van der Waals surface area contributed by atoms with E-state index in [1.807, 2.05) is 33.8 Å². The monoisotopic (exact) mass is 569 g/mol. The standard InChI is InChI=1S/C29H51N3O8/c1-12-18(4)24(31(9)26(34)23(17(2)3)30-28(37)40-29(6,7)8)21(38-10)16-22(33)32-15-13-14-20(32)25(39-11)19(5)27(35)36/h14,17-19,21,23-25H,12-13,15-16H2,1-11H3,(H,30,37)(H,35,36)/t18-,19?,21+,23-,24-,25?/m0/s1. The van der Waals surface area contributed by atoms with Gasteiger partial charge in [0.15, 0.2) is 0 Å². The molecule has 6 atom stereocenters. The van der Waals surface area contributed by atoms with Gasteiger partial charge in [0.2, 0.25) is 11.8 Å². The van der Waals surface area contributed by atoms with E-state index in [4.69, 9.17) is 14.2 Å². The summed E-state index contributed by atoms with van der Waals surface area (Å²) in [5.74, 6) is -2.66. The molecule has 0 aromatic rings. The molecule has 1 heterocycles. The van der Waals surface area contributed by atoms with Crippen molar-refractivity contribution < 1.29 is 38.5 Å². The van der Waals surface area contributed by atoms with Crippen LogP contribution in [0.4, 0.5) is 4.79 Å². The number of nitrogens with zero attached hydrogens (tertiary/aromatic N) is 2. The molecule has 0 bridgehead atoms. The van der Waals surface area contributed by atoms with Gasteiger partial charge < -0.3 is 34.4 Å². The zero-order chi connectivity index (χ0) is 30.9. The average molecular weight is 570 g/mol. The van der Waals surface area contributed by atoms with Crippen LogP contribution in [0, 0.1) is 17.8 Å². The molecule has 11 nitrogen and oxygen atoms in total. The van der Waals surface area contributed by atoms with Gasteiger partial charge in [-0.3, -0.25) is 14.4 Å². The van der Waals surface area contributed by atoms with Crippen LogP contribution in [-0.2, 0) is 28.6 Å². The number of carboxylic acids is 1. The van der Waals surface area contributed by atoms with Gasteiger partial charge in [0, 0.05) is 33.5 Å². The quantitative estimate of drug-likeness (QED) is 0.324. The van der Waals surface area contributed by atoms with E-state index in [1.165, 1.54) is 14.2 Å². The smallest absolute Gasteiger partial charge is 0.408 e. The molecule has 0 spiro atoms. The molecule has 1 aliphatic heterocycles. The second-order valence-corrected chi connectivity index (χ2v) is 11.9. The Labute approximate surface area is 239 Å². The summed E-state index contributed by atoms with van der Waals surface area (Å²) in [6.07, 6.45) is 1.03. The molecule has 2 N–H and O–H groups in total. The van der Waals surface area contributed by atoms with Gasteiger partial charge in [-0.1, -0.05) is 40.2 Å². The second kappa shape index (κ2) is 15.4. The summed E-state index contributed by atoms with van der Waals surface area (Å²) in [6, 6.07) is -1.31. The maximum atomic E-state index is 13.8. The Balaban J connectivity index is 3.22. The van der Waals surface area contributed by atoms with E-state index >= 15 is 0 Å². The fourth-order valence-corrected chi connectivity index (χ4v) is 5.01. The minimum atomic E-state index is -1.02. The number of aliphatic carboxylic acids is 1. The Morgan fingerprint density at radius 3 is 2.15 bits per heavy atom. The Morgan fingerprint density at radius 1 is 1.10 bits per heavy atom. The molecule has 2 unspecified atom stereocenters. The maximum Gasteiger partial charge on any atom is 0.408 e. The third kappa shape index (κ3) is 9.47. The zero-order valence-electron chi connectivity index (χ0n) is 26.1. The van der Waals surface area contributed by atoms with Gasteiger partial charge in [-0.05, 0) is 46.0 Å². The number of rotatable bonds is 14. The van der Waals surface area contributed by atoms with Crippen LogP contribution in [-0.4, -0.2) is 96.5 Å². The first-order chi connectivity index (χ1) is 18.5. The maximum absolute atomic E-state index is 13.8. The fraction of sp³-hybridized carbons (Fsp3) is 0.793. The van der Waals surface area contributed by atoms with E-state index in [-0.39, 0.29) is 30.1 Å². The van der Waals surface area contributed by atoms with Gasteiger partial charge in [-0.15, -0.1) is 0 Å². The van der Waals surface area contributed by atoms with Crippen LogP contribution >= 0.6 is 0 Å². The number of carbonyl (C=O) groups is 4. The lowest BCUT2D eigenvalue weighted by Crippen LogP contribution is -2.57. The van der Waals surface area contributed by atoms with Crippen LogP contribution in [0.25, 0.3) is 0 Å². The summed E-state index contributed by atoms with van der Waals surface area (Å²) in [4.78, 5) is 54.6. The van der Waals surface area contributed by atoms with Gasteiger partial charge in [0.05, 0.1) is 24.5 Å². The van der Waals surface area contributed by atoms with E-state index in [9.17, 15) is 24.3 Å². The Bertz CT molecular complexity index is 913. The number of ether oxygens (including phenoxy) is 3. The first-order valence-electron chi connectivity index (χ1n) is 14.1. The van der Waals surface area contributed by atoms with Crippen LogP contribution in [0.3, 0.4) is 0 Å². The van der Waals surface area contributed by atoms with Crippen LogP contribution in [0.15, 0.2) is 11.8 Å². The summed E-state index contributed by atoms with van der Waals surface area (Å²) in [5.41, 5.74) is -0.183. The Hall–Kier alpha value is -2.66. The molecular weight excluding hydrogens is 518 g/mol. The van der Waals surface area contributed by atoms with E-state index in [0.717, 1.165) is 6.42 Å². The normalized spacial score (nSPS) is 18.3. The third-order valence-corrected chi connectivity index (χ3v) is 7.39. The van der Waals surface area contributed by atoms with Crippen LogP contribution in [0.1, 0.15) is 74.7 Å². The Kier molecular flexibility index (Phi) is 13.6. The number of carbonyl (C=O) groups excluding carboxylic acids is 3. The van der Waals surface area contributed by atoms with E-state index < -0.39 is 47.9 Å². The van der Waals surface area contributed by atoms with Crippen molar-refractivity contribution in [2.24, 2.45) is 17.8 Å². The van der Waals surface area contributed by atoms with Gasteiger partial charge in [0.25, 0.3) is 0 Å². The lowest BCUT2D eigenvalue weighted by molar-refractivity contribution is -0.147. The third-order valence-electron chi connectivity index (χ3n) is 7.39. The number of nitrogens with one attached hydrogen (secondary N) is 1. The summed E-state index contributed by atoms with van der Waals surface area (Å²) in [5, 5.41) is 12.2. The van der Waals surface area contributed by atoms with Crippen molar-refractivity contribution in [3.05, 3.63) is 11.8 Å². The second-order valence-electron chi connectivity index (χ2n) is 11.9. The van der Waals surface area contributed by atoms with Gasteiger partial charge in [-0.2, -0.15) is 0 Å². The predicted octanol–water partition coefficient (Wildman–Crippen LogP) is 3.67. The topological polar surface area (TPSA) is 135 Å². The number of amides is 3. The van der Waals surface area contributed by atoms with Gasteiger partial charge >= 0.3 is 12.1 Å². The fourth-order valence-electron chi connectivity index (χ4n) is 5.01. The van der Waals surface area contributed by atoms with Crippen molar-refractivity contribution in [3.8, 4) is 0 Å². The van der Waals surface area contributed by atoms with Crippen molar-refractivity contribution in [1.29, 1.82) is 0 Å². The summed E-state index contributed by atoms with van der Waals surface area (Å²) in [7, 11) is 4.61. The Morgan fingerprint density at radius 2 is 1.70 bits per heavy atom. The summed E-state index contributed by atoms with van der Waals surface area (Å²) >= 11 is 0. The molecule has 0 fully saturated rings. The van der Waals surface area contributed by atoms with E-state index in [2.05, 4.69) is 5.32 Å². The minimum Gasteiger partial charge on any atom is -0.481 e. The highest BCUT2D eigenvalue weighted by molar-refractivity contribution is 5.86. The molecule has 11 heteroatoms. The van der Waals surface area contributed by atoms with Crippen LogP contribution in [0.2, 0.25) is 0 Å². The first-order valence-corrected chi connectivity index (χ1v) is 14.1. The highest BCUT2D eigenvalue weighted by Crippen LogP contribution is 2.29. The van der Waals surface area contributed by atoms with Crippen LogP contribution in [0.5, 0.6) is 0 Å². The van der Waals surface area contributed by atoms with Crippen molar-refractivity contribution in [3.63, 3.8) is 0 Å². The number of methoxy groups -OCH3 is 2. The molecule has 0 radical (unpaired) electrons. The average Bonchev–Trinajstić information content (AvgIpc) is 3.34. The van der Waals surface area contributed by atoms with E-state index in [1.54, 1.807) is 44.5 Å². The minimum absolute atomic E-state index is 0.0236. The van der Waals surface area contributed by atoms with Crippen molar-refractivity contribution in [1.82, 2.24) is 15.1 Å². The van der Waals surface area contributed by atoms with Gasteiger partial charge in [0.1, 0.15) is 17.7 Å². The number of carboxylic acid groups (broad SMARTS) is 1. The molecule has 3 amide bonds. The molecule has 230 valence electrons. The van der Waals surface area contributed by atoms with E-state index in [0.29, 0.717) is 18.7 Å². The van der Waals surface area contributed by atoms with Crippen LogP contribution < -0.4 is 5.32 Å². The summed E-state index contributed by atoms with van der Waals surface area (Å²) in [6.45, 7) is 14.9.